The maximum Gasteiger partial charge on any atom is 0.318 e. The van der Waals surface area contributed by atoms with Gasteiger partial charge >= 0.3 is 12.0 Å². The second-order valence-corrected chi connectivity index (χ2v) is 4.69. The number of urea groups is 1. The molecule has 0 atom stereocenters. The van der Waals surface area contributed by atoms with E-state index in [9.17, 15) is 14.4 Å². The molecule has 0 fully saturated rings. The predicted octanol–water partition coefficient (Wildman–Crippen LogP) is 1.28. The van der Waals surface area contributed by atoms with Gasteiger partial charge in [-0.2, -0.15) is 0 Å². The number of ether oxygens (including phenoxy) is 1. The quantitative estimate of drug-likeness (QED) is 0.808. The Labute approximate surface area is 126 Å². The molecule has 3 amide bonds. The average molecular weight is 304 g/mol. The van der Waals surface area contributed by atoms with Crippen LogP contribution in [0.25, 0.3) is 11.0 Å². The molecule has 1 heterocycles. The summed E-state index contributed by atoms with van der Waals surface area (Å²) in [6.07, 6.45) is 2.36. The Morgan fingerprint density at radius 2 is 2.09 bits per heavy atom. The minimum Gasteiger partial charge on any atom is -0.464 e. The van der Waals surface area contributed by atoms with Crippen molar-refractivity contribution in [1.29, 1.82) is 0 Å². The lowest BCUT2D eigenvalue weighted by Gasteiger charge is -2.03. The number of hydrogen-bond acceptors (Lipinski definition) is 5. The number of esters is 1. The SMILES string of the molecule is CCc1ccc2c(CC(=O)OCC(=O)NC(N)=O)coc2c1. The first-order valence-electron chi connectivity index (χ1n) is 6.73. The molecular weight excluding hydrogens is 288 g/mol. The Balaban J connectivity index is 1.97. The lowest BCUT2D eigenvalue weighted by Crippen LogP contribution is -2.37. The van der Waals surface area contributed by atoms with E-state index in [1.807, 2.05) is 25.1 Å². The lowest BCUT2D eigenvalue weighted by molar-refractivity contribution is -0.147. The van der Waals surface area contributed by atoms with Crippen LogP contribution in [0, 0.1) is 0 Å². The van der Waals surface area contributed by atoms with Gasteiger partial charge in [0.25, 0.3) is 5.91 Å². The third-order valence-corrected chi connectivity index (χ3v) is 3.09. The summed E-state index contributed by atoms with van der Waals surface area (Å²) >= 11 is 0. The summed E-state index contributed by atoms with van der Waals surface area (Å²) < 4.78 is 10.2. The predicted molar refractivity (Wildman–Crippen MR) is 78.0 cm³/mol. The van der Waals surface area contributed by atoms with Crippen LogP contribution in [0.4, 0.5) is 4.79 Å². The number of fused-ring (bicyclic) bond motifs is 1. The van der Waals surface area contributed by atoms with Crippen molar-refractivity contribution in [3.63, 3.8) is 0 Å². The fraction of sp³-hybridized carbons (Fsp3) is 0.267. The highest BCUT2D eigenvalue weighted by Gasteiger charge is 2.13. The molecule has 116 valence electrons. The summed E-state index contributed by atoms with van der Waals surface area (Å²) in [7, 11) is 0. The van der Waals surface area contributed by atoms with Gasteiger partial charge in [-0.3, -0.25) is 14.9 Å². The summed E-state index contributed by atoms with van der Waals surface area (Å²) in [6.45, 7) is 1.48. The number of aryl methyl sites for hydroxylation is 1. The molecule has 0 aliphatic carbocycles. The van der Waals surface area contributed by atoms with E-state index in [1.54, 1.807) is 5.32 Å². The maximum absolute atomic E-state index is 11.7. The van der Waals surface area contributed by atoms with Crippen molar-refractivity contribution in [2.24, 2.45) is 5.73 Å². The molecule has 0 radical (unpaired) electrons. The molecule has 0 aliphatic rings. The molecule has 7 nitrogen and oxygen atoms in total. The van der Waals surface area contributed by atoms with Crippen molar-refractivity contribution < 1.29 is 23.5 Å². The van der Waals surface area contributed by atoms with Gasteiger partial charge in [-0.05, 0) is 18.1 Å². The van der Waals surface area contributed by atoms with E-state index in [4.69, 9.17) is 14.9 Å². The van der Waals surface area contributed by atoms with Gasteiger partial charge in [0.2, 0.25) is 0 Å². The van der Waals surface area contributed by atoms with E-state index >= 15 is 0 Å². The van der Waals surface area contributed by atoms with Crippen LogP contribution in [0.3, 0.4) is 0 Å². The van der Waals surface area contributed by atoms with Gasteiger partial charge in [0.05, 0.1) is 12.7 Å². The van der Waals surface area contributed by atoms with Crippen molar-refractivity contribution in [2.45, 2.75) is 19.8 Å². The van der Waals surface area contributed by atoms with Gasteiger partial charge < -0.3 is 14.9 Å². The number of carbonyl (C=O) groups is 3. The largest absolute Gasteiger partial charge is 0.464 e. The van der Waals surface area contributed by atoms with Gasteiger partial charge in [-0.1, -0.05) is 19.1 Å². The van der Waals surface area contributed by atoms with Crippen LogP contribution in [0.5, 0.6) is 0 Å². The molecule has 3 N–H and O–H groups in total. The first-order chi connectivity index (χ1) is 10.5. The monoisotopic (exact) mass is 304 g/mol. The number of hydrogen-bond donors (Lipinski definition) is 2. The summed E-state index contributed by atoms with van der Waals surface area (Å²) in [5, 5.41) is 2.63. The average Bonchev–Trinajstić information content (AvgIpc) is 2.86. The number of rotatable bonds is 5. The standard InChI is InChI=1S/C15H16N2O5/c1-2-9-3-4-11-10(7-21-12(11)5-9)6-14(19)22-8-13(18)17-15(16)20/h3-5,7H,2,6,8H2,1H3,(H3,16,17,18,20). The van der Waals surface area contributed by atoms with Crippen LogP contribution in [0.15, 0.2) is 28.9 Å². The van der Waals surface area contributed by atoms with E-state index in [-0.39, 0.29) is 6.42 Å². The number of amides is 3. The lowest BCUT2D eigenvalue weighted by atomic mass is 10.1. The van der Waals surface area contributed by atoms with Crippen LogP contribution in [0.1, 0.15) is 18.1 Å². The number of nitrogens with one attached hydrogen (secondary N) is 1. The smallest absolute Gasteiger partial charge is 0.318 e. The zero-order valence-corrected chi connectivity index (χ0v) is 12.0. The first-order valence-corrected chi connectivity index (χ1v) is 6.73. The number of primary amides is 1. The van der Waals surface area contributed by atoms with Crippen molar-refractivity contribution in [3.05, 3.63) is 35.6 Å². The molecule has 1 aromatic heterocycles. The normalized spacial score (nSPS) is 10.4. The highest BCUT2D eigenvalue weighted by Crippen LogP contribution is 2.23. The van der Waals surface area contributed by atoms with Crippen molar-refractivity contribution in [2.75, 3.05) is 6.61 Å². The van der Waals surface area contributed by atoms with Crippen molar-refractivity contribution >= 4 is 28.9 Å². The summed E-state index contributed by atoms with van der Waals surface area (Å²) in [6, 6.07) is 4.78. The second kappa shape index (κ2) is 6.75. The third kappa shape index (κ3) is 3.85. The Bertz CT molecular complexity index is 720. The van der Waals surface area contributed by atoms with Gasteiger partial charge in [-0.25, -0.2) is 4.79 Å². The fourth-order valence-corrected chi connectivity index (χ4v) is 2.01. The third-order valence-electron chi connectivity index (χ3n) is 3.09. The Kier molecular flexibility index (Phi) is 4.77. The Morgan fingerprint density at radius 1 is 1.32 bits per heavy atom. The van der Waals surface area contributed by atoms with Crippen LogP contribution in [-0.2, 0) is 27.2 Å². The number of furan rings is 1. The minimum atomic E-state index is -0.992. The van der Waals surface area contributed by atoms with Crippen LogP contribution >= 0.6 is 0 Å². The van der Waals surface area contributed by atoms with E-state index in [0.29, 0.717) is 11.1 Å². The van der Waals surface area contributed by atoms with E-state index in [2.05, 4.69) is 0 Å². The molecular formula is C15H16N2O5. The topological polar surface area (TPSA) is 112 Å². The van der Waals surface area contributed by atoms with E-state index < -0.39 is 24.5 Å². The van der Waals surface area contributed by atoms with Crippen molar-refractivity contribution in [1.82, 2.24) is 5.32 Å². The highest BCUT2D eigenvalue weighted by atomic mass is 16.5. The van der Waals surface area contributed by atoms with Gasteiger partial charge in [0.15, 0.2) is 6.61 Å². The van der Waals surface area contributed by atoms with Crippen LogP contribution < -0.4 is 11.1 Å². The first kappa shape index (κ1) is 15.6. The second-order valence-electron chi connectivity index (χ2n) is 4.69. The van der Waals surface area contributed by atoms with E-state index in [0.717, 1.165) is 17.4 Å². The molecule has 0 aliphatic heterocycles. The molecule has 0 unspecified atom stereocenters. The fourth-order valence-electron chi connectivity index (χ4n) is 2.01. The summed E-state index contributed by atoms with van der Waals surface area (Å²) in [5.74, 6) is -1.37. The number of carbonyl (C=O) groups excluding carboxylic acids is 3. The van der Waals surface area contributed by atoms with Crippen LogP contribution in [-0.4, -0.2) is 24.5 Å². The molecule has 7 heteroatoms. The molecule has 0 saturated heterocycles. The Morgan fingerprint density at radius 3 is 2.77 bits per heavy atom. The molecule has 2 aromatic rings. The minimum absolute atomic E-state index is 0.0255. The molecule has 0 spiro atoms. The summed E-state index contributed by atoms with van der Waals surface area (Å²) in [5.41, 5.74) is 7.29. The van der Waals surface area contributed by atoms with E-state index in [1.165, 1.54) is 6.26 Å². The number of imide groups is 1. The number of benzene rings is 1. The highest BCUT2D eigenvalue weighted by molar-refractivity contribution is 5.95. The molecule has 2 rings (SSSR count). The molecule has 1 aromatic carbocycles. The summed E-state index contributed by atoms with van der Waals surface area (Å²) in [4.78, 5) is 33.3. The van der Waals surface area contributed by atoms with Gasteiger partial charge in [0.1, 0.15) is 5.58 Å². The zero-order chi connectivity index (χ0) is 16.1. The molecule has 0 saturated carbocycles. The molecule has 0 bridgehead atoms. The maximum atomic E-state index is 11.7. The van der Waals surface area contributed by atoms with Crippen LogP contribution in [0.2, 0.25) is 0 Å². The number of nitrogens with two attached hydrogens (primary N) is 1. The Hall–Kier alpha value is -2.83. The van der Waals surface area contributed by atoms with Gasteiger partial charge in [-0.15, -0.1) is 0 Å². The van der Waals surface area contributed by atoms with Gasteiger partial charge in [0, 0.05) is 10.9 Å². The molecule has 22 heavy (non-hydrogen) atoms. The zero-order valence-electron chi connectivity index (χ0n) is 12.0. The van der Waals surface area contributed by atoms with Crippen molar-refractivity contribution in [3.8, 4) is 0 Å².